The van der Waals surface area contributed by atoms with E-state index in [-0.39, 0.29) is 17.9 Å². The molecule has 0 bridgehead atoms. The highest BCUT2D eigenvalue weighted by molar-refractivity contribution is 6.18. The fourth-order valence-electron chi connectivity index (χ4n) is 1.34. The summed E-state index contributed by atoms with van der Waals surface area (Å²) in [5, 5.41) is 3.00. The summed E-state index contributed by atoms with van der Waals surface area (Å²) in [6.07, 6.45) is 1.80. The Kier molecular flexibility index (Phi) is 6.98. The normalized spacial score (nSPS) is 13.4. The van der Waals surface area contributed by atoms with E-state index in [0.29, 0.717) is 11.8 Å². The van der Waals surface area contributed by atoms with Crippen molar-refractivity contribution in [2.24, 2.45) is 11.8 Å². The second kappa shape index (κ2) is 7.10. The van der Waals surface area contributed by atoms with E-state index in [1.54, 1.807) is 0 Å². The van der Waals surface area contributed by atoms with Crippen LogP contribution in [0, 0.1) is 11.8 Å². The smallest absolute Gasteiger partial charge is 0.223 e. The maximum Gasteiger partial charge on any atom is 0.223 e. The third kappa shape index (κ3) is 4.32. The van der Waals surface area contributed by atoms with E-state index >= 15 is 0 Å². The van der Waals surface area contributed by atoms with Gasteiger partial charge in [-0.15, -0.1) is 11.6 Å². The van der Waals surface area contributed by atoms with Crippen LogP contribution in [-0.4, -0.2) is 17.8 Å². The molecule has 1 N–H and O–H groups in total. The molecule has 0 aromatic heterocycles. The number of rotatable bonds is 6. The minimum absolute atomic E-state index is 0.102. The van der Waals surface area contributed by atoms with Gasteiger partial charge in [-0.1, -0.05) is 27.7 Å². The lowest BCUT2D eigenvalue weighted by Gasteiger charge is -2.22. The lowest BCUT2D eigenvalue weighted by molar-refractivity contribution is -0.126. The molecule has 1 amide bonds. The van der Waals surface area contributed by atoms with Gasteiger partial charge in [-0.05, 0) is 18.8 Å². The van der Waals surface area contributed by atoms with Crippen molar-refractivity contribution in [3.05, 3.63) is 0 Å². The Labute approximate surface area is 92.4 Å². The number of carbonyl (C=O) groups excluding carboxylic acids is 1. The lowest BCUT2D eigenvalue weighted by Crippen LogP contribution is -2.42. The molecule has 0 saturated heterocycles. The first kappa shape index (κ1) is 13.8. The molecule has 0 radical (unpaired) electrons. The van der Waals surface area contributed by atoms with Crippen LogP contribution in [0.5, 0.6) is 0 Å². The molecule has 84 valence electrons. The van der Waals surface area contributed by atoms with E-state index < -0.39 is 0 Å². The molecule has 0 aliphatic rings. The number of nitrogens with one attached hydrogen (secondary N) is 1. The van der Waals surface area contributed by atoms with Gasteiger partial charge in [-0.25, -0.2) is 0 Å². The zero-order valence-electron chi connectivity index (χ0n) is 9.64. The molecule has 1 unspecified atom stereocenters. The van der Waals surface area contributed by atoms with Crippen molar-refractivity contribution in [3.8, 4) is 0 Å². The van der Waals surface area contributed by atoms with Crippen molar-refractivity contribution in [1.29, 1.82) is 0 Å². The Morgan fingerprint density at radius 1 is 1.29 bits per heavy atom. The van der Waals surface area contributed by atoms with Crippen LogP contribution >= 0.6 is 11.6 Å². The fourth-order valence-corrected chi connectivity index (χ4v) is 1.78. The third-order valence-corrected chi connectivity index (χ3v) is 2.99. The lowest BCUT2D eigenvalue weighted by atomic mass is 10.0. The van der Waals surface area contributed by atoms with Crippen molar-refractivity contribution in [3.63, 3.8) is 0 Å². The third-order valence-electron chi connectivity index (χ3n) is 2.66. The van der Waals surface area contributed by atoms with Crippen LogP contribution in [-0.2, 0) is 4.79 Å². The van der Waals surface area contributed by atoms with Crippen LogP contribution in [0.4, 0.5) is 0 Å². The first-order valence-corrected chi connectivity index (χ1v) is 5.96. The summed E-state index contributed by atoms with van der Waals surface area (Å²) in [7, 11) is 0. The summed E-state index contributed by atoms with van der Waals surface area (Å²) in [6.45, 7) is 8.22. The summed E-state index contributed by atoms with van der Waals surface area (Å²) in [6, 6.07) is 0.102. The quantitative estimate of drug-likeness (QED) is 0.684. The summed E-state index contributed by atoms with van der Waals surface area (Å²) in [5.74, 6) is 1.17. The maximum absolute atomic E-state index is 11.7. The Balaban J connectivity index is 4.13. The van der Waals surface area contributed by atoms with E-state index in [9.17, 15) is 4.79 Å². The van der Waals surface area contributed by atoms with Gasteiger partial charge in [0.2, 0.25) is 5.91 Å². The highest BCUT2D eigenvalue weighted by Gasteiger charge is 2.19. The molecule has 0 heterocycles. The topological polar surface area (TPSA) is 29.1 Å². The van der Waals surface area contributed by atoms with E-state index in [1.807, 2.05) is 13.8 Å². The number of amides is 1. The molecular weight excluding hydrogens is 198 g/mol. The Bertz CT molecular complexity index is 167. The summed E-state index contributed by atoms with van der Waals surface area (Å²) < 4.78 is 0. The van der Waals surface area contributed by atoms with Crippen molar-refractivity contribution in [1.82, 2.24) is 5.32 Å². The van der Waals surface area contributed by atoms with Gasteiger partial charge < -0.3 is 5.32 Å². The highest BCUT2D eigenvalue weighted by atomic mass is 35.5. The number of alkyl halides is 1. The molecule has 3 heteroatoms. The van der Waals surface area contributed by atoms with Crippen LogP contribution in [0.2, 0.25) is 0 Å². The van der Waals surface area contributed by atoms with Gasteiger partial charge in [-0.2, -0.15) is 0 Å². The Morgan fingerprint density at radius 2 is 1.79 bits per heavy atom. The van der Waals surface area contributed by atoms with E-state index in [2.05, 4.69) is 19.2 Å². The summed E-state index contributed by atoms with van der Waals surface area (Å²) in [4.78, 5) is 11.7. The minimum atomic E-state index is 0.102. The van der Waals surface area contributed by atoms with E-state index in [0.717, 1.165) is 12.8 Å². The molecule has 0 aliphatic carbocycles. The molecule has 0 saturated carbocycles. The number of halogens is 1. The monoisotopic (exact) mass is 219 g/mol. The molecule has 14 heavy (non-hydrogen) atoms. The number of hydrogen-bond donors (Lipinski definition) is 1. The first-order chi connectivity index (χ1) is 6.56. The Morgan fingerprint density at radius 3 is 2.07 bits per heavy atom. The molecule has 1 atom stereocenters. The standard InChI is InChI=1S/C11H22ClNO/c1-5-9(6-2)11(14)13-10(7-12)8(3)4/h8-10H,5-7H2,1-4H3,(H,13,14). The predicted molar refractivity (Wildman–Crippen MR) is 61.6 cm³/mol. The van der Waals surface area contributed by atoms with Gasteiger partial charge in [0.05, 0.1) is 0 Å². The van der Waals surface area contributed by atoms with Gasteiger partial charge in [0, 0.05) is 17.8 Å². The molecule has 0 fully saturated rings. The van der Waals surface area contributed by atoms with Crippen LogP contribution < -0.4 is 5.32 Å². The summed E-state index contributed by atoms with van der Waals surface area (Å²) in [5.41, 5.74) is 0. The zero-order valence-corrected chi connectivity index (χ0v) is 10.4. The molecule has 0 spiro atoms. The molecular formula is C11H22ClNO. The fraction of sp³-hybridized carbons (Fsp3) is 0.909. The van der Waals surface area contributed by atoms with Gasteiger partial charge in [0.15, 0.2) is 0 Å². The van der Waals surface area contributed by atoms with Gasteiger partial charge in [0.25, 0.3) is 0 Å². The molecule has 0 aromatic rings. The zero-order chi connectivity index (χ0) is 11.1. The van der Waals surface area contributed by atoms with Crippen LogP contribution in [0.15, 0.2) is 0 Å². The van der Waals surface area contributed by atoms with Gasteiger partial charge >= 0.3 is 0 Å². The Hall–Kier alpha value is -0.240. The van der Waals surface area contributed by atoms with Gasteiger partial charge in [-0.3, -0.25) is 4.79 Å². The van der Waals surface area contributed by atoms with Crippen LogP contribution in [0.3, 0.4) is 0 Å². The second-order valence-corrected chi connectivity index (χ2v) is 4.34. The number of hydrogen-bond acceptors (Lipinski definition) is 1. The van der Waals surface area contributed by atoms with Crippen molar-refractivity contribution < 1.29 is 4.79 Å². The van der Waals surface area contributed by atoms with Crippen molar-refractivity contribution in [2.75, 3.05) is 5.88 Å². The van der Waals surface area contributed by atoms with Crippen LogP contribution in [0.1, 0.15) is 40.5 Å². The van der Waals surface area contributed by atoms with Crippen molar-refractivity contribution in [2.45, 2.75) is 46.6 Å². The SMILES string of the molecule is CCC(CC)C(=O)NC(CCl)C(C)C. The molecule has 0 aliphatic heterocycles. The molecule has 2 nitrogen and oxygen atoms in total. The second-order valence-electron chi connectivity index (χ2n) is 4.03. The van der Waals surface area contributed by atoms with Crippen molar-refractivity contribution >= 4 is 17.5 Å². The summed E-state index contributed by atoms with van der Waals surface area (Å²) >= 11 is 5.78. The van der Waals surface area contributed by atoms with Crippen LogP contribution in [0.25, 0.3) is 0 Å². The average Bonchev–Trinajstić information content (AvgIpc) is 2.15. The van der Waals surface area contributed by atoms with Gasteiger partial charge in [0.1, 0.15) is 0 Å². The molecule has 0 aromatic carbocycles. The highest BCUT2D eigenvalue weighted by Crippen LogP contribution is 2.10. The average molecular weight is 220 g/mol. The predicted octanol–water partition coefficient (Wildman–Crippen LogP) is 2.80. The first-order valence-electron chi connectivity index (χ1n) is 5.43. The van der Waals surface area contributed by atoms with E-state index in [4.69, 9.17) is 11.6 Å². The number of carbonyl (C=O) groups is 1. The molecule has 0 rings (SSSR count). The minimum Gasteiger partial charge on any atom is -0.352 e. The largest absolute Gasteiger partial charge is 0.352 e. The van der Waals surface area contributed by atoms with E-state index in [1.165, 1.54) is 0 Å². The maximum atomic E-state index is 11.7.